The Morgan fingerprint density at radius 1 is 1.13 bits per heavy atom. The maximum Gasteiger partial charge on any atom is 0.361 e. The van der Waals surface area contributed by atoms with E-state index in [-0.39, 0.29) is 11.9 Å². The van der Waals surface area contributed by atoms with E-state index in [1.165, 1.54) is 0 Å². The van der Waals surface area contributed by atoms with Crippen LogP contribution >= 0.6 is 0 Å². The smallest absolute Gasteiger partial charge is 0.361 e. The van der Waals surface area contributed by atoms with Crippen molar-refractivity contribution in [2.45, 2.75) is 12.8 Å². The van der Waals surface area contributed by atoms with Gasteiger partial charge < -0.3 is 10.1 Å². The lowest BCUT2D eigenvalue weighted by atomic mass is 10.1. The molecule has 0 unspecified atom stereocenters. The lowest BCUT2D eigenvalue weighted by Crippen LogP contribution is -2.12. The molecule has 0 bridgehead atoms. The second kappa shape index (κ2) is 7.12. The normalized spacial score (nSPS) is 10.3. The average molecular weight is 310 g/mol. The third-order valence-electron chi connectivity index (χ3n) is 3.06. The quantitative estimate of drug-likeness (QED) is 0.721. The third kappa shape index (κ3) is 4.34. The van der Waals surface area contributed by atoms with Gasteiger partial charge in [0.05, 0.1) is 0 Å². The highest BCUT2D eigenvalue weighted by molar-refractivity contribution is 5.90. The van der Waals surface area contributed by atoms with Crippen molar-refractivity contribution in [3.8, 4) is 11.8 Å². The van der Waals surface area contributed by atoms with Crippen LogP contribution in [0.15, 0.2) is 48.8 Å². The SMILES string of the molecule is O=C(CCc1ccncc1)Nc1ccc(Oc2nn[nH]n2)cc1. The first-order valence-electron chi connectivity index (χ1n) is 7.00. The Hall–Kier alpha value is -3.29. The van der Waals surface area contributed by atoms with Crippen LogP contribution < -0.4 is 10.1 Å². The van der Waals surface area contributed by atoms with Crippen molar-refractivity contribution in [2.75, 3.05) is 5.32 Å². The molecule has 0 saturated heterocycles. The Morgan fingerprint density at radius 2 is 1.91 bits per heavy atom. The van der Waals surface area contributed by atoms with E-state index in [4.69, 9.17) is 4.74 Å². The molecule has 0 radical (unpaired) electrons. The van der Waals surface area contributed by atoms with Gasteiger partial charge in [0.15, 0.2) is 0 Å². The van der Waals surface area contributed by atoms with Crippen LogP contribution in [0.2, 0.25) is 0 Å². The molecule has 0 aliphatic carbocycles. The first-order chi connectivity index (χ1) is 11.3. The zero-order valence-electron chi connectivity index (χ0n) is 12.1. The molecular formula is C15H14N6O2. The van der Waals surface area contributed by atoms with Crippen LogP contribution in [0, 0.1) is 0 Å². The Balaban J connectivity index is 1.50. The molecule has 23 heavy (non-hydrogen) atoms. The number of aromatic nitrogens is 5. The molecule has 2 N–H and O–H groups in total. The maximum absolute atomic E-state index is 11.9. The lowest BCUT2D eigenvalue weighted by molar-refractivity contribution is -0.116. The molecule has 0 aliphatic heterocycles. The first-order valence-corrected chi connectivity index (χ1v) is 7.00. The highest BCUT2D eigenvalue weighted by Crippen LogP contribution is 2.19. The average Bonchev–Trinajstić information content (AvgIpc) is 3.09. The van der Waals surface area contributed by atoms with Crippen LogP contribution in [0.4, 0.5) is 5.69 Å². The summed E-state index contributed by atoms with van der Waals surface area (Å²) in [5, 5.41) is 15.9. The number of nitrogens with one attached hydrogen (secondary N) is 2. The number of H-pyrrole nitrogens is 1. The molecule has 116 valence electrons. The van der Waals surface area contributed by atoms with Crippen LogP contribution in [0.25, 0.3) is 0 Å². The van der Waals surface area contributed by atoms with Gasteiger partial charge in [-0.05, 0) is 53.6 Å². The fourth-order valence-corrected chi connectivity index (χ4v) is 1.94. The first kappa shape index (κ1) is 14.6. The Morgan fingerprint density at radius 3 is 2.61 bits per heavy atom. The molecule has 0 saturated carbocycles. The maximum atomic E-state index is 11.9. The fraction of sp³-hybridized carbons (Fsp3) is 0.133. The highest BCUT2D eigenvalue weighted by Gasteiger charge is 2.05. The van der Waals surface area contributed by atoms with Crippen LogP contribution in [-0.2, 0) is 11.2 Å². The number of anilines is 1. The topological polar surface area (TPSA) is 106 Å². The summed E-state index contributed by atoms with van der Waals surface area (Å²) in [5.41, 5.74) is 1.78. The van der Waals surface area contributed by atoms with Crippen LogP contribution in [0.5, 0.6) is 11.8 Å². The second-order valence-electron chi connectivity index (χ2n) is 4.72. The molecule has 3 rings (SSSR count). The molecule has 8 heteroatoms. The number of rotatable bonds is 6. The number of benzene rings is 1. The standard InChI is InChI=1S/C15H14N6O2/c22-14(6-1-11-7-9-16-10-8-11)17-12-2-4-13(5-3-12)23-15-18-20-21-19-15/h2-5,7-10H,1,6H2,(H,17,22)(H,18,19,20,21). The highest BCUT2D eigenvalue weighted by atomic mass is 16.5. The van der Waals surface area contributed by atoms with E-state index in [2.05, 4.69) is 30.9 Å². The number of carbonyl (C=O) groups excluding carboxylic acids is 1. The summed E-state index contributed by atoms with van der Waals surface area (Å²) in [5.74, 6) is 0.509. The fourth-order valence-electron chi connectivity index (χ4n) is 1.94. The van der Waals surface area contributed by atoms with Gasteiger partial charge in [-0.15, -0.1) is 0 Å². The molecule has 0 atom stereocenters. The Bertz CT molecular complexity index is 743. The summed E-state index contributed by atoms with van der Waals surface area (Å²) in [6.45, 7) is 0. The van der Waals surface area contributed by atoms with Gasteiger partial charge in [-0.2, -0.15) is 5.21 Å². The third-order valence-corrected chi connectivity index (χ3v) is 3.06. The van der Waals surface area contributed by atoms with Crippen LogP contribution in [-0.4, -0.2) is 31.5 Å². The number of ether oxygens (including phenoxy) is 1. The lowest BCUT2D eigenvalue weighted by Gasteiger charge is -2.06. The second-order valence-corrected chi connectivity index (χ2v) is 4.72. The van der Waals surface area contributed by atoms with Crippen molar-refractivity contribution in [3.63, 3.8) is 0 Å². The number of nitrogens with zero attached hydrogens (tertiary/aromatic N) is 4. The summed E-state index contributed by atoms with van der Waals surface area (Å²) >= 11 is 0. The van der Waals surface area contributed by atoms with Gasteiger partial charge in [0.25, 0.3) is 0 Å². The van der Waals surface area contributed by atoms with Crippen LogP contribution in [0.1, 0.15) is 12.0 Å². The van der Waals surface area contributed by atoms with Crippen molar-refractivity contribution >= 4 is 11.6 Å². The van der Waals surface area contributed by atoms with Gasteiger partial charge in [-0.1, -0.05) is 10.2 Å². The Labute approximate surface area is 131 Å². The zero-order valence-corrected chi connectivity index (χ0v) is 12.1. The van der Waals surface area contributed by atoms with Gasteiger partial charge in [0.2, 0.25) is 5.91 Å². The van der Waals surface area contributed by atoms with E-state index in [9.17, 15) is 4.79 Å². The molecule has 3 aromatic rings. The van der Waals surface area contributed by atoms with Crippen molar-refractivity contribution in [1.82, 2.24) is 25.6 Å². The summed E-state index contributed by atoms with van der Waals surface area (Å²) in [4.78, 5) is 15.9. The minimum absolute atomic E-state index is 0.0475. The predicted molar refractivity (Wildman–Crippen MR) is 81.9 cm³/mol. The van der Waals surface area contributed by atoms with Crippen molar-refractivity contribution in [1.29, 1.82) is 0 Å². The number of pyridine rings is 1. The summed E-state index contributed by atoms with van der Waals surface area (Å²) in [6.07, 6.45) is 4.52. The van der Waals surface area contributed by atoms with Gasteiger partial charge in [-0.3, -0.25) is 9.78 Å². The van der Waals surface area contributed by atoms with Crippen LogP contribution in [0.3, 0.4) is 0 Å². The number of amides is 1. The minimum atomic E-state index is -0.0475. The van der Waals surface area contributed by atoms with Crippen molar-refractivity contribution in [2.24, 2.45) is 0 Å². The molecule has 2 aromatic heterocycles. The molecule has 1 aromatic carbocycles. The Kier molecular flexibility index (Phi) is 4.53. The molecule has 8 nitrogen and oxygen atoms in total. The van der Waals surface area contributed by atoms with E-state index in [0.29, 0.717) is 24.3 Å². The summed E-state index contributed by atoms with van der Waals surface area (Å²) < 4.78 is 5.35. The predicted octanol–water partition coefficient (Wildman–Crippen LogP) is 1.96. The van der Waals surface area contributed by atoms with E-state index in [1.807, 2.05) is 12.1 Å². The number of tetrazole rings is 1. The largest absolute Gasteiger partial charge is 0.422 e. The molecule has 0 aliphatic rings. The monoisotopic (exact) mass is 310 g/mol. The summed E-state index contributed by atoms with van der Waals surface area (Å²) in [7, 11) is 0. The van der Waals surface area contributed by atoms with Gasteiger partial charge >= 0.3 is 6.01 Å². The number of hydrogen-bond acceptors (Lipinski definition) is 6. The number of hydrogen-bond donors (Lipinski definition) is 2. The van der Waals surface area contributed by atoms with Crippen molar-refractivity contribution < 1.29 is 9.53 Å². The molecule has 0 fully saturated rings. The van der Waals surface area contributed by atoms with Gasteiger partial charge in [0, 0.05) is 24.5 Å². The van der Waals surface area contributed by atoms with E-state index in [1.54, 1.807) is 36.7 Å². The summed E-state index contributed by atoms with van der Waals surface area (Å²) in [6, 6.07) is 10.9. The number of aromatic amines is 1. The molecule has 2 heterocycles. The van der Waals surface area contributed by atoms with Gasteiger partial charge in [0.1, 0.15) is 5.75 Å². The molecular weight excluding hydrogens is 296 g/mol. The zero-order chi connectivity index (χ0) is 15.9. The molecule has 0 spiro atoms. The number of aryl methyl sites for hydroxylation is 1. The van der Waals surface area contributed by atoms with Gasteiger partial charge in [-0.25, -0.2) is 0 Å². The molecule has 1 amide bonds. The minimum Gasteiger partial charge on any atom is -0.422 e. The number of carbonyl (C=O) groups is 1. The van der Waals surface area contributed by atoms with Crippen molar-refractivity contribution in [3.05, 3.63) is 54.4 Å². The van der Waals surface area contributed by atoms with E-state index in [0.717, 1.165) is 5.56 Å². The van der Waals surface area contributed by atoms with E-state index >= 15 is 0 Å². The van der Waals surface area contributed by atoms with E-state index < -0.39 is 0 Å².